The summed E-state index contributed by atoms with van der Waals surface area (Å²) in [4.78, 5) is 31.6. The van der Waals surface area contributed by atoms with Gasteiger partial charge in [0, 0.05) is 25.4 Å². The van der Waals surface area contributed by atoms with E-state index in [-0.39, 0.29) is 24.6 Å². The molecule has 38 heavy (non-hydrogen) atoms. The number of carbonyl (C=O) groups is 1. The van der Waals surface area contributed by atoms with Crippen LogP contribution in [0.5, 0.6) is 5.75 Å². The van der Waals surface area contributed by atoms with Gasteiger partial charge in [0.2, 0.25) is 5.75 Å². The van der Waals surface area contributed by atoms with Gasteiger partial charge in [-0.1, -0.05) is 36.4 Å². The third-order valence-corrected chi connectivity index (χ3v) is 6.39. The Bertz CT molecular complexity index is 1540. The Kier molecular flexibility index (Phi) is 6.81. The molecule has 0 radical (unpaired) electrons. The second-order valence-electron chi connectivity index (χ2n) is 9.56. The third-order valence-electron chi connectivity index (χ3n) is 6.39. The molecule has 0 bridgehead atoms. The van der Waals surface area contributed by atoms with Gasteiger partial charge in [-0.3, -0.25) is 18.8 Å². The molecule has 2 aromatic carbocycles. The average molecular weight is 518 g/mol. The van der Waals surface area contributed by atoms with E-state index in [2.05, 4.69) is 15.4 Å². The summed E-state index contributed by atoms with van der Waals surface area (Å²) in [5, 5.41) is 7.18. The number of nitrogens with one attached hydrogen (secondary N) is 1. The maximum atomic E-state index is 14.1. The number of amides is 1. The van der Waals surface area contributed by atoms with Crippen molar-refractivity contribution in [2.45, 2.75) is 39.1 Å². The van der Waals surface area contributed by atoms with E-state index in [0.29, 0.717) is 35.8 Å². The van der Waals surface area contributed by atoms with Crippen LogP contribution in [0, 0.1) is 5.82 Å². The Morgan fingerprint density at radius 3 is 2.71 bits per heavy atom. The van der Waals surface area contributed by atoms with Crippen LogP contribution < -0.4 is 15.6 Å². The van der Waals surface area contributed by atoms with Crippen LogP contribution in [-0.4, -0.2) is 31.8 Å². The molecule has 0 atom stereocenters. The smallest absolute Gasteiger partial charge is 0.296 e. The molecular formula is C28H28FN5O4. The molecule has 5 rings (SSSR count). The number of aromatic nitrogens is 4. The van der Waals surface area contributed by atoms with Crippen LogP contribution in [0.15, 0.2) is 65.6 Å². The topological polar surface area (TPSA) is 100 Å². The quantitative estimate of drug-likeness (QED) is 0.403. The summed E-state index contributed by atoms with van der Waals surface area (Å²) in [6, 6.07) is 15.4. The van der Waals surface area contributed by atoms with E-state index in [9.17, 15) is 14.0 Å². The number of aryl methyl sites for hydroxylation is 1. The molecule has 2 aromatic heterocycles. The average Bonchev–Trinajstić information content (AvgIpc) is 3.34. The zero-order chi connectivity index (χ0) is 26.9. The van der Waals surface area contributed by atoms with E-state index in [1.807, 2.05) is 30.3 Å². The molecule has 1 aliphatic rings. The first kappa shape index (κ1) is 25.3. The maximum absolute atomic E-state index is 14.1. The second kappa shape index (κ2) is 10.2. The number of benzene rings is 2. The Morgan fingerprint density at radius 2 is 1.97 bits per heavy atom. The molecule has 0 saturated carbocycles. The normalized spacial score (nSPS) is 14.1. The van der Waals surface area contributed by atoms with Crippen LogP contribution in [0.25, 0.3) is 11.3 Å². The number of nitrogens with zero attached hydrogens (tertiary/aromatic N) is 4. The summed E-state index contributed by atoms with van der Waals surface area (Å²) >= 11 is 0. The minimum absolute atomic E-state index is 0.0587. The van der Waals surface area contributed by atoms with Crippen LogP contribution in [0.3, 0.4) is 0 Å². The number of carbonyl (C=O) groups excluding carboxylic acids is 1. The SMILES string of the molecule is Cn1ccc(-c2cc(F)ccc2CNC(=O)c2nc3n(c(=O)c2OCc2ccccc2)CCOC3(C)C)n1. The van der Waals surface area contributed by atoms with Gasteiger partial charge in [0.25, 0.3) is 11.5 Å². The molecule has 0 saturated heterocycles. The molecule has 196 valence electrons. The number of rotatable bonds is 7. The zero-order valence-electron chi connectivity index (χ0n) is 21.4. The summed E-state index contributed by atoms with van der Waals surface area (Å²) in [7, 11) is 1.77. The lowest BCUT2D eigenvalue weighted by atomic mass is 10.0. The molecule has 3 heterocycles. The molecule has 1 N–H and O–H groups in total. The van der Waals surface area contributed by atoms with Gasteiger partial charge in [-0.2, -0.15) is 5.10 Å². The molecule has 0 fully saturated rings. The summed E-state index contributed by atoms with van der Waals surface area (Å²) in [6.07, 6.45) is 1.76. The number of ether oxygens (including phenoxy) is 2. The van der Waals surface area contributed by atoms with Crippen molar-refractivity contribution in [2.24, 2.45) is 7.05 Å². The fraction of sp³-hybridized carbons (Fsp3) is 0.286. The lowest BCUT2D eigenvalue weighted by Gasteiger charge is -2.32. The van der Waals surface area contributed by atoms with Crippen LogP contribution in [0.1, 0.15) is 41.3 Å². The number of hydrogen-bond acceptors (Lipinski definition) is 6. The maximum Gasteiger partial charge on any atom is 0.296 e. The van der Waals surface area contributed by atoms with Gasteiger partial charge in [0.15, 0.2) is 5.69 Å². The minimum Gasteiger partial charge on any atom is -0.481 e. The lowest BCUT2D eigenvalue weighted by molar-refractivity contribution is -0.0567. The van der Waals surface area contributed by atoms with E-state index in [1.54, 1.807) is 43.9 Å². The van der Waals surface area contributed by atoms with Gasteiger partial charge in [-0.15, -0.1) is 0 Å². The van der Waals surface area contributed by atoms with Crippen molar-refractivity contribution in [3.8, 4) is 17.0 Å². The van der Waals surface area contributed by atoms with Crippen molar-refractivity contribution in [3.05, 3.63) is 99.6 Å². The van der Waals surface area contributed by atoms with Crippen molar-refractivity contribution in [1.29, 1.82) is 0 Å². The van der Waals surface area contributed by atoms with E-state index in [4.69, 9.17) is 9.47 Å². The van der Waals surface area contributed by atoms with Gasteiger partial charge in [-0.05, 0) is 43.2 Å². The van der Waals surface area contributed by atoms with E-state index in [0.717, 1.165) is 5.56 Å². The monoisotopic (exact) mass is 517 g/mol. The predicted molar refractivity (Wildman–Crippen MR) is 138 cm³/mol. The highest BCUT2D eigenvalue weighted by molar-refractivity contribution is 5.95. The van der Waals surface area contributed by atoms with Crippen molar-refractivity contribution < 1.29 is 18.7 Å². The fourth-order valence-corrected chi connectivity index (χ4v) is 4.43. The standard InChI is InChI=1S/C28H28FN5O4/c1-28(2)27-31-23(24(26(36)34(27)13-14-38-28)37-17-18-7-5-4-6-8-18)25(35)30-16-19-9-10-20(29)15-21(19)22-11-12-33(3)32-22/h4-12,15H,13-14,16-17H2,1-3H3,(H,30,35). The first-order valence-corrected chi connectivity index (χ1v) is 12.3. The minimum atomic E-state index is -0.868. The zero-order valence-corrected chi connectivity index (χ0v) is 21.4. The van der Waals surface area contributed by atoms with Gasteiger partial charge in [-0.25, -0.2) is 9.37 Å². The molecule has 10 heteroatoms. The van der Waals surface area contributed by atoms with Crippen molar-refractivity contribution in [3.63, 3.8) is 0 Å². The molecule has 0 spiro atoms. The lowest BCUT2D eigenvalue weighted by Crippen LogP contribution is -2.43. The molecule has 0 aliphatic carbocycles. The number of hydrogen-bond donors (Lipinski definition) is 1. The Hall–Kier alpha value is -4.31. The molecule has 4 aromatic rings. The fourth-order valence-electron chi connectivity index (χ4n) is 4.43. The van der Waals surface area contributed by atoms with Crippen molar-refractivity contribution in [2.75, 3.05) is 6.61 Å². The molecule has 9 nitrogen and oxygen atoms in total. The van der Waals surface area contributed by atoms with Gasteiger partial charge in [0.05, 0.1) is 18.8 Å². The van der Waals surface area contributed by atoms with Crippen LogP contribution in [-0.2, 0) is 37.1 Å². The molecule has 1 amide bonds. The van der Waals surface area contributed by atoms with Crippen molar-refractivity contribution in [1.82, 2.24) is 24.6 Å². The Labute approximate surface area is 218 Å². The molecule has 0 unspecified atom stereocenters. The Morgan fingerprint density at radius 1 is 1.18 bits per heavy atom. The van der Waals surface area contributed by atoms with E-state index >= 15 is 0 Å². The summed E-state index contributed by atoms with van der Waals surface area (Å²) in [5.74, 6) is -0.783. The van der Waals surface area contributed by atoms with E-state index < -0.39 is 22.9 Å². The van der Waals surface area contributed by atoms with Gasteiger partial charge < -0.3 is 14.8 Å². The van der Waals surface area contributed by atoms with Gasteiger partial charge >= 0.3 is 0 Å². The summed E-state index contributed by atoms with van der Waals surface area (Å²) in [6.45, 7) is 4.40. The number of fused-ring (bicyclic) bond motifs is 1. The van der Waals surface area contributed by atoms with Gasteiger partial charge in [0.1, 0.15) is 23.8 Å². The highest BCUT2D eigenvalue weighted by atomic mass is 19.1. The Balaban J connectivity index is 1.48. The summed E-state index contributed by atoms with van der Waals surface area (Å²) in [5.41, 5.74) is 1.19. The van der Waals surface area contributed by atoms with Crippen LogP contribution in [0.4, 0.5) is 4.39 Å². The predicted octanol–water partition coefficient (Wildman–Crippen LogP) is 3.56. The highest BCUT2D eigenvalue weighted by Crippen LogP contribution is 2.28. The second-order valence-corrected chi connectivity index (χ2v) is 9.56. The molecular weight excluding hydrogens is 489 g/mol. The first-order valence-electron chi connectivity index (χ1n) is 12.3. The van der Waals surface area contributed by atoms with Crippen LogP contribution >= 0.6 is 0 Å². The summed E-state index contributed by atoms with van der Waals surface area (Å²) < 4.78 is 28.9. The largest absolute Gasteiger partial charge is 0.481 e. The third kappa shape index (κ3) is 5.08. The molecule has 1 aliphatic heterocycles. The number of halogens is 1. The van der Waals surface area contributed by atoms with Crippen LogP contribution in [0.2, 0.25) is 0 Å². The van der Waals surface area contributed by atoms with E-state index in [1.165, 1.54) is 16.7 Å². The van der Waals surface area contributed by atoms with Crippen molar-refractivity contribution >= 4 is 5.91 Å². The first-order chi connectivity index (χ1) is 18.2. The highest BCUT2D eigenvalue weighted by Gasteiger charge is 2.35.